The molecule has 5 nitrogen and oxygen atoms in total. The SMILES string of the molecule is CCOC(=O)c1c[nH]c2cc(N(C)C)ccc2c1=O. The molecule has 0 amide bonds. The molecule has 1 heterocycles. The number of anilines is 1. The third-order valence-electron chi connectivity index (χ3n) is 2.88. The summed E-state index contributed by atoms with van der Waals surface area (Å²) >= 11 is 0. The second-order valence-corrected chi connectivity index (χ2v) is 4.38. The lowest BCUT2D eigenvalue weighted by molar-refractivity contribution is 0.0524. The van der Waals surface area contributed by atoms with E-state index in [-0.39, 0.29) is 17.6 Å². The first kappa shape index (κ1) is 13.1. The molecule has 0 aliphatic carbocycles. The van der Waals surface area contributed by atoms with Gasteiger partial charge in [-0.15, -0.1) is 0 Å². The normalized spacial score (nSPS) is 10.5. The number of carbonyl (C=O) groups is 1. The summed E-state index contributed by atoms with van der Waals surface area (Å²) in [5.41, 5.74) is 1.40. The van der Waals surface area contributed by atoms with E-state index in [0.717, 1.165) is 5.69 Å². The van der Waals surface area contributed by atoms with Gasteiger partial charge in [-0.3, -0.25) is 4.79 Å². The van der Waals surface area contributed by atoms with Crippen LogP contribution in [0.5, 0.6) is 0 Å². The van der Waals surface area contributed by atoms with Crippen molar-refractivity contribution >= 4 is 22.6 Å². The number of aromatic amines is 1. The number of H-pyrrole nitrogens is 1. The van der Waals surface area contributed by atoms with Gasteiger partial charge >= 0.3 is 5.97 Å². The number of carbonyl (C=O) groups excluding carboxylic acids is 1. The summed E-state index contributed by atoms with van der Waals surface area (Å²) in [6.07, 6.45) is 1.40. The maximum absolute atomic E-state index is 12.2. The van der Waals surface area contributed by atoms with Crippen LogP contribution in [0.3, 0.4) is 0 Å². The van der Waals surface area contributed by atoms with Gasteiger partial charge in [-0.2, -0.15) is 0 Å². The molecule has 1 N–H and O–H groups in total. The zero-order chi connectivity index (χ0) is 14.0. The molecule has 0 unspecified atom stereocenters. The average molecular weight is 260 g/mol. The van der Waals surface area contributed by atoms with Crippen LogP contribution < -0.4 is 10.3 Å². The number of hydrogen-bond acceptors (Lipinski definition) is 4. The zero-order valence-corrected chi connectivity index (χ0v) is 11.2. The number of pyridine rings is 1. The molecule has 0 bridgehead atoms. The van der Waals surface area contributed by atoms with E-state index in [0.29, 0.717) is 10.9 Å². The number of esters is 1. The second-order valence-electron chi connectivity index (χ2n) is 4.38. The van der Waals surface area contributed by atoms with E-state index in [1.807, 2.05) is 31.1 Å². The third kappa shape index (κ3) is 2.45. The van der Waals surface area contributed by atoms with Gasteiger partial charge in [-0.1, -0.05) is 0 Å². The van der Waals surface area contributed by atoms with Gasteiger partial charge in [-0.05, 0) is 25.1 Å². The average Bonchev–Trinajstić information content (AvgIpc) is 2.38. The number of nitrogens with zero attached hydrogens (tertiary/aromatic N) is 1. The van der Waals surface area contributed by atoms with E-state index >= 15 is 0 Å². The molecule has 0 aliphatic heterocycles. The third-order valence-corrected chi connectivity index (χ3v) is 2.88. The summed E-state index contributed by atoms with van der Waals surface area (Å²) in [5.74, 6) is -0.595. The molecule has 0 spiro atoms. The van der Waals surface area contributed by atoms with Gasteiger partial charge in [-0.25, -0.2) is 4.79 Å². The molecule has 0 aliphatic rings. The van der Waals surface area contributed by atoms with Gasteiger partial charge in [0.25, 0.3) is 0 Å². The van der Waals surface area contributed by atoms with E-state index in [1.54, 1.807) is 13.0 Å². The summed E-state index contributed by atoms with van der Waals surface area (Å²) < 4.78 is 4.85. The van der Waals surface area contributed by atoms with Crippen molar-refractivity contribution in [1.82, 2.24) is 4.98 Å². The first-order valence-electron chi connectivity index (χ1n) is 6.04. The highest BCUT2D eigenvalue weighted by molar-refractivity contribution is 5.94. The van der Waals surface area contributed by atoms with E-state index in [1.165, 1.54) is 6.20 Å². The van der Waals surface area contributed by atoms with Crippen molar-refractivity contribution in [3.8, 4) is 0 Å². The van der Waals surface area contributed by atoms with Crippen LogP contribution in [0.4, 0.5) is 5.69 Å². The van der Waals surface area contributed by atoms with Gasteiger partial charge < -0.3 is 14.6 Å². The van der Waals surface area contributed by atoms with Crippen molar-refractivity contribution in [2.24, 2.45) is 0 Å². The zero-order valence-electron chi connectivity index (χ0n) is 11.2. The van der Waals surface area contributed by atoms with Crippen LogP contribution in [-0.2, 0) is 4.74 Å². The summed E-state index contributed by atoms with van der Waals surface area (Å²) in [7, 11) is 3.85. The van der Waals surface area contributed by atoms with Crippen LogP contribution in [0.25, 0.3) is 10.9 Å². The molecule has 0 radical (unpaired) electrons. The van der Waals surface area contributed by atoms with Crippen LogP contribution in [0.2, 0.25) is 0 Å². The van der Waals surface area contributed by atoms with Crippen LogP contribution in [0.15, 0.2) is 29.2 Å². The molecule has 100 valence electrons. The van der Waals surface area contributed by atoms with Crippen molar-refractivity contribution in [2.45, 2.75) is 6.92 Å². The summed E-state index contributed by atoms with van der Waals surface area (Å²) in [5, 5.41) is 0.483. The Bertz CT molecular complexity index is 674. The maximum Gasteiger partial charge on any atom is 0.343 e. The minimum atomic E-state index is -0.595. The van der Waals surface area contributed by atoms with Gasteiger partial charge in [0.05, 0.1) is 12.1 Å². The largest absolute Gasteiger partial charge is 0.462 e. The lowest BCUT2D eigenvalue weighted by atomic mass is 10.1. The van der Waals surface area contributed by atoms with Crippen molar-refractivity contribution in [2.75, 3.05) is 25.6 Å². The predicted octanol–water partition coefficient (Wildman–Crippen LogP) is 1.77. The van der Waals surface area contributed by atoms with Crippen molar-refractivity contribution in [1.29, 1.82) is 0 Å². The van der Waals surface area contributed by atoms with Crippen LogP contribution >= 0.6 is 0 Å². The Morgan fingerprint density at radius 2 is 2.11 bits per heavy atom. The van der Waals surface area contributed by atoms with E-state index < -0.39 is 5.97 Å². The minimum Gasteiger partial charge on any atom is -0.462 e. The van der Waals surface area contributed by atoms with E-state index in [9.17, 15) is 9.59 Å². The highest BCUT2D eigenvalue weighted by atomic mass is 16.5. The number of aromatic nitrogens is 1. The molecular formula is C14H16N2O3. The standard InChI is InChI=1S/C14H16N2O3/c1-4-19-14(18)11-8-15-12-7-9(16(2)3)5-6-10(12)13(11)17/h5-8H,4H2,1-3H3,(H,15,17). The fourth-order valence-corrected chi connectivity index (χ4v) is 1.85. The molecule has 2 rings (SSSR count). The predicted molar refractivity (Wildman–Crippen MR) is 74.9 cm³/mol. The second kappa shape index (κ2) is 5.14. The summed E-state index contributed by atoms with van der Waals surface area (Å²) in [6.45, 7) is 1.95. The molecule has 5 heteroatoms. The van der Waals surface area contributed by atoms with Crippen molar-refractivity contribution in [3.63, 3.8) is 0 Å². The Balaban J connectivity index is 2.57. The van der Waals surface area contributed by atoms with Gasteiger partial charge in [0.1, 0.15) is 5.56 Å². The Morgan fingerprint density at radius 1 is 1.37 bits per heavy atom. The first-order chi connectivity index (χ1) is 9.04. The summed E-state index contributed by atoms with van der Waals surface area (Å²) in [4.78, 5) is 28.7. The smallest absolute Gasteiger partial charge is 0.343 e. The molecule has 19 heavy (non-hydrogen) atoms. The molecule has 0 fully saturated rings. The molecule has 0 atom stereocenters. The Morgan fingerprint density at radius 3 is 2.74 bits per heavy atom. The molecule has 1 aromatic heterocycles. The Hall–Kier alpha value is -2.30. The lowest BCUT2D eigenvalue weighted by Gasteiger charge is -2.13. The Kier molecular flexibility index (Phi) is 3.55. The van der Waals surface area contributed by atoms with Crippen molar-refractivity contribution < 1.29 is 9.53 Å². The quantitative estimate of drug-likeness (QED) is 0.854. The number of rotatable bonds is 3. The van der Waals surface area contributed by atoms with Crippen LogP contribution in [0.1, 0.15) is 17.3 Å². The molecule has 2 aromatic rings. The molecule has 0 saturated carbocycles. The van der Waals surface area contributed by atoms with Gasteiger partial charge in [0.15, 0.2) is 0 Å². The van der Waals surface area contributed by atoms with Crippen molar-refractivity contribution in [3.05, 3.63) is 40.2 Å². The Labute approximate surface area is 110 Å². The van der Waals surface area contributed by atoms with Crippen LogP contribution in [0, 0.1) is 0 Å². The maximum atomic E-state index is 12.2. The first-order valence-corrected chi connectivity index (χ1v) is 6.04. The topological polar surface area (TPSA) is 62.4 Å². The van der Waals surface area contributed by atoms with E-state index in [4.69, 9.17) is 4.74 Å². The fourth-order valence-electron chi connectivity index (χ4n) is 1.85. The number of ether oxygens (including phenoxy) is 1. The molecule has 0 saturated heterocycles. The molecular weight excluding hydrogens is 244 g/mol. The molecule has 1 aromatic carbocycles. The summed E-state index contributed by atoms with van der Waals surface area (Å²) in [6, 6.07) is 5.42. The minimum absolute atomic E-state index is 0.0342. The lowest BCUT2D eigenvalue weighted by Crippen LogP contribution is -2.18. The number of fused-ring (bicyclic) bond motifs is 1. The highest BCUT2D eigenvalue weighted by Crippen LogP contribution is 2.17. The van der Waals surface area contributed by atoms with Crippen LogP contribution in [-0.4, -0.2) is 31.7 Å². The van der Waals surface area contributed by atoms with Gasteiger partial charge in [0, 0.05) is 31.4 Å². The number of benzene rings is 1. The van der Waals surface area contributed by atoms with E-state index in [2.05, 4.69) is 4.98 Å². The number of nitrogens with one attached hydrogen (secondary N) is 1. The fraction of sp³-hybridized carbons (Fsp3) is 0.286. The highest BCUT2D eigenvalue weighted by Gasteiger charge is 2.14. The monoisotopic (exact) mass is 260 g/mol. The van der Waals surface area contributed by atoms with Gasteiger partial charge in [0.2, 0.25) is 5.43 Å². The number of hydrogen-bond donors (Lipinski definition) is 1.